The predicted octanol–water partition coefficient (Wildman–Crippen LogP) is 13.3. The number of hydrogen-bond donors (Lipinski definition) is 0. The Balaban J connectivity index is 3.83. The van der Waals surface area contributed by atoms with Crippen molar-refractivity contribution in [2.75, 3.05) is 11.5 Å². The van der Waals surface area contributed by atoms with Crippen molar-refractivity contribution in [1.82, 2.24) is 0 Å². The third kappa shape index (κ3) is 32.7. The average Bonchev–Trinajstić information content (AvgIpc) is 3.01. The lowest BCUT2D eigenvalue weighted by Gasteiger charge is -2.35. The summed E-state index contributed by atoms with van der Waals surface area (Å²) < 4.78 is 31.2. The highest BCUT2D eigenvalue weighted by Crippen LogP contribution is 2.27. The molecule has 1 unspecified atom stereocenters. The van der Waals surface area contributed by atoms with Crippen LogP contribution >= 0.6 is 0 Å². The monoisotopic (exact) mass is 825 g/mol. The van der Waals surface area contributed by atoms with E-state index >= 15 is 0 Å². The minimum atomic E-state index is -2.45. The highest BCUT2D eigenvalue weighted by atomic mass is 32.2. The predicted molar refractivity (Wildman–Crippen MR) is 245 cm³/mol. The topological polar surface area (TPSA) is 44.8 Å². The highest BCUT2D eigenvalue weighted by molar-refractivity contribution is 7.84. The second-order valence-electron chi connectivity index (χ2n) is 18.1. The van der Waals surface area contributed by atoms with Gasteiger partial charge in [-0.1, -0.05) is 179 Å². The normalized spacial score (nSPS) is 13.7. The zero-order chi connectivity index (χ0) is 37.7. The molecule has 0 spiro atoms. The SMILES string of the molecule is CCS(=O)CCCCCCCCCCC[Si](C)(C)CCCCCCCC[Si](C)(C)CCCCCCCC[Si](O[SiH](C)C)(O[SiH](C)C)O[SiH](C)C. The minimum absolute atomic E-state index is 0.562. The molecule has 0 aromatic rings. The lowest BCUT2D eigenvalue weighted by molar-refractivity contribution is 0.266. The van der Waals surface area contributed by atoms with E-state index in [1.807, 2.05) is 6.92 Å². The molecule has 0 aromatic carbocycles. The summed E-state index contributed by atoms with van der Waals surface area (Å²) in [6.45, 7) is 26.2. The van der Waals surface area contributed by atoms with Gasteiger partial charge in [0.25, 0.3) is 0 Å². The van der Waals surface area contributed by atoms with Crippen LogP contribution in [0, 0.1) is 0 Å². The van der Waals surface area contributed by atoms with Crippen molar-refractivity contribution < 1.29 is 16.6 Å². The first-order valence-electron chi connectivity index (χ1n) is 22.0. The van der Waals surface area contributed by atoms with Gasteiger partial charge in [0.05, 0.1) is 0 Å². The maximum atomic E-state index is 11.5. The van der Waals surface area contributed by atoms with Crippen molar-refractivity contribution in [1.29, 1.82) is 0 Å². The fourth-order valence-electron chi connectivity index (χ4n) is 7.40. The molecule has 0 N–H and O–H groups in total. The summed E-state index contributed by atoms with van der Waals surface area (Å²) in [4.78, 5) is 0. The Hall–Kier alpha value is 1.33. The Kier molecular flexibility index (Phi) is 32.4. The molecule has 50 heavy (non-hydrogen) atoms. The van der Waals surface area contributed by atoms with Gasteiger partial charge in [-0.2, -0.15) is 0 Å². The van der Waals surface area contributed by atoms with Gasteiger partial charge in [0.15, 0.2) is 27.1 Å². The summed E-state index contributed by atoms with van der Waals surface area (Å²) in [5, 5.41) is 0. The summed E-state index contributed by atoms with van der Waals surface area (Å²) in [6, 6.07) is 7.21. The van der Waals surface area contributed by atoms with E-state index in [4.69, 9.17) is 12.3 Å². The Bertz CT molecular complexity index is 774. The first-order valence-corrected chi connectivity index (χ1v) is 40.6. The van der Waals surface area contributed by atoms with Crippen molar-refractivity contribution in [3.63, 3.8) is 0 Å². The molecule has 0 aromatic heterocycles. The van der Waals surface area contributed by atoms with E-state index in [1.54, 1.807) is 18.1 Å². The largest absolute Gasteiger partial charge is 0.468 e. The molecule has 11 heteroatoms. The van der Waals surface area contributed by atoms with E-state index in [2.05, 4.69) is 65.5 Å². The summed E-state index contributed by atoms with van der Waals surface area (Å²) >= 11 is 0. The van der Waals surface area contributed by atoms with Gasteiger partial charge < -0.3 is 12.3 Å². The first-order chi connectivity index (χ1) is 23.6. The van der Waals surface area contributed by atoms with Gasteiger partial charge in [-0.05, 0) is 52.1 Å². The summed E-state index contributed by atoms with van der Waals surface area (Å²) in [5.41, 5.74) is 0. The van der Waals surface area contributed by atoms with Crippen molar-refractivity contribution in [3.8, 4) is 0 Å². The van der Waals surface area contributed by atoms with E-state index in [0.29, 0.717) is 0 Å². The van der Waals surface area contributed by atoms with Crippen LogP contribution in [0.15, 0.2) is 0 Å². The molecule has 0 rings (SSSR count). The van der Waals surface area contributed by atoms with Crippen LogP contribution in [0.4, 0.5) is 0 Å². The zero-order valence-corrected chi connectivity index (χ0v) is 43.4. The quantitative estimate of drug-likeness (QED) is 0.0462. The molecular weight excluding hydrogens is 733 g/mol. The molecule has 0 amide bonds. The smallest absolute Gasteiger partial charge is 0.420 e. The molecule has 4 nitrogen and oxygen atoms in total. The molecule has 302 valence electrons. The van der Waals surface area contributed by atoms with E-state index in [9.17, 15) is 4.21 Å². The first kappa shape index (κ1) is 51.3. The number of hydrogen-bond acceptors (Lipinski definition) is 4. The van der Waals surface area contributed by atoms with E-state index in [1.165, 1.54) is 134 Å². The summed E-state index contributed by atoms with van der Waals surface area (Å²) in [7, 11) is -8.57. The molecular formula is C39H92O4SSi6. The number of unbranched alkanes of at least 4 members (excludes halogenated alkanes) is 18. The van der Waals surface area contributed by atoms with Crippen LogP contribution < -0.4 is 0 Å². The van der Waals surface area contributed by atoms with Gasteiger partial charge in [0.1, 0.15) is 0 Å². The van der Waals surface area contributed by atoms with Crippen molar-refractivity contribution in [2.45, 2.75) is 237 Å². The molecule has 0 aliphatic heterocycles. The molecule has 0 aliphatic rings. The van der Waals surface area contributed by atoms with Crippen molar-refractivity contribution in [3.05, 3.63) is 0 Å². The summed E-state index contributed by atoms with van der Waals surface area (Å²) in [6.07, 6.45) is 29.3. The maximum Gasteiger partial charge on any atom is 0.468 e. The number of rotatable bonds is 37. The van der Waals surface area contributed by atoms with Crippen LogP contribution in [0.3, 0.4) is 0 Å². The van der Waals surface area contributed by atoms with E-state index in [0.717, 1.165) is 24.0 Å². The third-order valence-electron chi connectivity index (χ3n) is 10.3. The van der Waals surface area contributed by atoms with Crippen molar-refractivity contribution >= 4 is 62.9 Å². The Labute approximate surface area is 326 Å². The molecule has 0 saturated carbocycles. The van der Waals surface area contributed by atoms with Gasteiger partial charge in [-0.15, -0.1) is 0 Å². The Morgan fingerprint density at radius 3 is 0.900 bits per heavy atom. The molecule has 0 bridgehead atoms. The molecule has 0 saturated heterocycles. The minimum Gasteiger partial charge on any atom is -0.420 e. The standard InChI is InChI=1S/C39H92O4SSi6/c1-12-44(40)34-28-22-16-14-13-15-17-23-29-35-48(8,9)36-30-24-18-19-25-31-37-49(10,11)38-32-26-20-21-27-33-39-50(41-45(2)3,42-46(4)5)43-47(6)7/h45-47H,12-39H2,1-11H3. The van der Waals surface area contributed by atoms with E-state index in [-0.39, 0.29) is 0 Å². The third-order valence-corrected chi connectivity index (χ3v) is 29.5. The highest BCUT2D eigenvalue weighted by Gasteiger charge is 2.42. The van der Waals surface area contributed by atoms with Crippen LogP contribution in [0.2, 0.25) is 95.7 Å². The summed E-state index contributed by atoms with van der Waals surface area (Å²) in [5.74, 6) is 1.75. The van der Waals surface area contributed by atoms with Crippen molar-refractivity contribution in [2.24, 2.45) is 0 Å². The molecule has 0 heterocycles. The lowest BCUT2D eigenvalue weighted by atomic mass is 10.1. The average molecular weight is 826 g/mol. The lowest BCUT2D eigenvalue weighted by Crippen LogP contribution is -2.53. The fourth-order valence-corrected chi connectivity index (χ4v) is 26.4. The molecule has 0 fully saturated rings. The van der Waals surface area contributed by atoms with Crippen LogP contribution in [0.1, 0.15) is 142 Å². The Morgan fingerprint density at radius 1 is 0.400 bits per heavy atom. The molecule has 0 aliphatic carbocycles. The fraction of sp³-hybridized carbons (Fsp3) is 1.00. The van der Waals surface area contributed by atoms with Crippen LogP contribution in [0.25, 0.3) is 0 Å². The van der Waals surface area contributed by atoms with E-state index < -0.39 is 62.9 Å². The van der Waals surface area contributed by atoms with Gasteiger partial charge in [0, 0.05) is 44.5 Å². The van der Waals surface area contributed by atoms with Gasteiger partial charge in [-0.3, -0.25) is 4.21 Å². The zero-order valence-electron chi connectivity index (χ0n) is 36.1. The van der Waals surface area contributed by atoms with Crippen LogP contribution in [0.5, 0.6) is 0 Å². The molecule has 1 atom stereocenters. The Morgan fingerprint density at radius 2 is 0.640 bits per heavy atom. The van der Waals surface area contributed by atoms with Gasteiger partial charge in [-0.25, -0.2) is 0 Å². The molecule has 0 radical (unpaired) electrons. The maximum absolute atomic E-state index is 11.5. The van der Waals surface area contributed by atoms with Gasteiger partial charge >= 0.3 is 8.80 Å². The van der Waals surface area contributed by atoms with Crippen LogP contribution in [-0.2, 0) is 23.1 Å². The van der Waals surface area contributed by atoms with Gasteiger partial charge in [0.2, 0.25) is 0 Å². The second-order valence-corrected chi connectivity index (χ2v) is 41.6. The second kappa shape index (κ2) is 31.5. The van der Waals surface area contributed by atoms with Crippen LogP contribution in [-0.4, -0.2) is 67.8 Å².